The van der Waals surface area contributed by atoms with Gasteiger partial charge in [-0.2, -0.15) is 0 Å². The fraction of sp³-hybridized carbons (Fsp3) is 0.500. The Morgan fingerprint density at radius 3 is 3.00 bits per heavy atom. The summed E-state index contributed by atoms with van der Waals surface area (Å²) < 4.78 is 3.73. The highest BCUT2D eigenvalue weighted by Crippen LogP contribution is 2.22. The number of carbonyl (C=O) groups is 1. The van der Waals surface area contributed by atoms with Gasteiger partial charge in [-0.25, -0.2) is 9.83 Å². The Hall–Kier alpha value is -1.21. The van der Waals surface area contributed by atoms with Gasteiger partial charge < -0.3 is 10.8 Å². The van der Waals surface area contributed by atoms with Crippen LogP contribution in [0.15, 0.2) is 20.6 Å². The molecule has 0 saturated heterocycles. The predicted molar refractivity (Wildman–Crippen MR) is 57.9 cm³/mol. The molecule has 0 aromatic carbocycles. The first-order valence-corrected chi connectivity index (χ1v) is 5.60. The van der Waals surface area contributed by atoms with Crippen molar-refractivity contribution < 1.29 is 14.7 Å². The summed E-state index contributed by atoms with van der Waals surface area (Å²) in [5.41, 5.74) is 6.06. The second kappa shape index (κ2) is 5.04. The van der Waals surface area contributed by atoms with Gasteiger partial charge in [0.15, 0.2) is 5.17 Å². The third-order valence-electron chi connectivity index (χ3n) is 1.90. The van der Waals surface area contributed by atoms with Crippen LogP contribution in [-0.4, -0.2) is 23.4 Å². The lowest BCUT2D eigenvalue weighted by Gasteiger charge is -2.06. The topological polar surface area (TPSA) is 97.3 Å². The van der Waals surface area contributed by atoms with Crippen molar-refractivity contribution in [2.75, 3.05) is 7.11 Å². The second-order valence-electron chi connectivity index (χ2n) is 2.86. The molecule has 7 heteroatoms. The van der Waals surface area contributed by atoms with E-state index in [1.807, 2.05) is 0 Å². The summed E-state index contributed by atoms with van der Waals surface area (Å²) in [6.45, 7) is 1.79. The summed E-state index contributed by atoms with van der Waals surface area (Å²) in [6.07, 6.45) is 0.474. The number of amidine groups is 1. The van der Waals surface area contributed by atoms with Crippen LogP contribution in [0.5, 0.6) is 0 Å². The Morgan fingerprint density at radius 2 is 2.53 bits per heavy atom. The van der Waals surface area contributed by atoms with Crippen LogP contribution in [0, 0.1) is 5.92 Å². The third-order valence-corrected chi connectivity index (χ3v) is 3.20. The van der Waals surface area contributed by atoms with Crippen LogP contribution in [0.3, 0.4) is 0 Å². The van der Waals surface area contributed by atoms with Crippen molar-refractivity contribution in [1.82, 2.24) is 0 Å². The zero-order valence-corrected chi connectivity index (χ0v) is 9.32. The van der Waals surface area contributed by atoms with Crippen molar-refractivity contribution in [2.24, 2.45) is 21.2 Å². The maximum absolute atomic E-state index is 10.9. The Balaban J connectivity index is 2.95. The Morgan fingerprint density at radius 1 is 1.87 bits per heavy atom. The van der Waals surface area contributed by atoms with Gasteiger partial charge in [0.2, 0.25) is 0 Å². The van der Waals surface area contributed by atoms with Crippen molar-refractivity contribution in [3.8, 4) is 0 Å². The van der Waals surface area contributed by atoms with Crippen molar-refractivity contribution in [2.45, 2.75) is 13.3 Å². The third kappa shape index (κ3) is 2.63. The molecule has 1 heterocycles. The number of hydrogen-bond acceptors (Lipinski definition) is 5. The molecule has 0 aromatic heterocycles. The lowest BCUT2D eigenvalue weighted by molar-refractivity contribution is -0.140. The number of carboxylic acids is 1. The number of aliphatic carboxylic acids is 1. The van der Waals surface area contributed by atoms with Crippen LogP contribution in [0.1, 0.15) is 13.3 Å². The minimum atomic E-state index is -0.900. The van der Waals surface area contributed by atoms with Crippen LogP contribution >= 0.6 is 0 Å². The van der Waals surface area contributed by atoms with E-state index in [4.69, 9.17) is 10.8 Å². The molecular formula is C8H13N3O3S. The van der Waals surface area contributed by atoms with Gasteiger partial charge in [0, 0.05) is 16.1 Å². The van der Waals surface area contributed by atoms with Gasteiger partial charge in [-0.05, 0) is 6.42 Å². The molecule has 0 fully saturated rings. The molecule has 1 aliphatic heterocycles. The molecule has 84 valence electrons. The minimum Gasteiger partial charge on any atom is -0.481 e. The molecule has 0 aromatic rings. The Bertz CT molecular complexity index is 362. The summed E-state index contributed by atoms with van der Waals surface area (Å²) in [7, 11) is 0.682. The van der Waals surface area contributed by atoms with Gasteiger partial charge in [0.1, 0.15) is 0 Å². The SMILES string of the molecule is CCC(C(=O)O)C1=CS(=NOC)C(N)=N1. The van der Waals surface area contributed by atoms with Gasteiger partial charge in [-0.3, -0.25) is 4.79 Å². The molecule has 0 aliphatic carbocycles. The van der Waals surface area contributed by atoms with E-state index in [1.54, 1.807) is 12.3 Å². The Kier molecular flexibility index (Phi) is 3.98. The molecule has 0 amide bonds. The first-order valence-electron chi connectivity index (χ1n) is 4.36. The molecule has 15 heavy (non-hydrogen) atoms. The number of carboxylic acid groups (broad SMARTS) is 1. The van der Waals surface area contributed by atoms with Crippen molar-refractivity contribution >= 4 is 21.8 Å². The molecular weight excluding hydrogens is 218 g/mol. The van der Waals surface area contributed by atoms with Crippen LogP contribution in [-0.2, 0) is 20.3 Å². The van der Waals surface area contributed by atoms with Crippen molar-refractivity contribution in [3.63, 3.8) is 0 Å². The molecule has 6 nitrogen and oxygen atoms in total. The van der Waals surface area contributed by atoms with E-state index in [-0.39, 0.29) is 0 Å². The average molecular weight is 231 g/mol. The second-order valence-corrected chi connectivity index (χ2v) is 4.30. The molecule has 0 bridgehead atoms. The highest BCUT2D eigenvalue weighted by molar-refractivity contribution is 8.05. The van der Waals surface area contributed by atoms with E-state index in [1.165, 1.54) is 7.11 Å². The standard InChI is InChI=1S/C8H13N3O3S/c1-3-5(7(12)13)6-4-15(11-14-2)8(9)10-6/h4-5H,3H2,1-2H3,(H2,9,10)(H,12,13). The molecule has 0 saturated carbocycles. The van der Waals surface area contributed by atoms with E-state index in [0.29, 0.717) is 17.3 Å². The zero-order chi connectivity index (χ0) is 11.4. The molecule has 2 atom stereocenters. The van der Waals surface area contributed by atoms with E-state index in [2.05, 4.69) is 14.4 Å². The first kappa shape index (κ1) is 11.9. The van der Waals surface area contributed by atoms with Gasteiger partial charge in [-0.1, -0.05) is 11.4 Å². The van der Waals surface area contributed by atoms with Crippen LogP contribution < -0.4 is 5.73 Å². The quantitative estimate of drug-likeness (QED) is 0.693. The number of hydrogen-bond donors (Lipinski definition) is 2. The molecule has 0 radical (unpaired) electrons. The molecule has 3 N–H and O–H groups in total. The largest absolute Gasteiger partial charge is 0.481 e. The molecule has 1 aliphatic rings. The van der Waals surface area contributed by atoms with Gasteiger partial charge in [-0.15, -0.1) is 0 Å². The van der Waals surface area contributed by atoms with Gasteiger partial charge >= 0.3 is 5.97 Å². The first-order chi connectivity index (χ1) is 7.10. The van der Waals surface area contributed by atoms with E-state index >= 15 is 0 Å². The van der Waals surface area contributed by atoms with Crippen LogP contribution in [0.2, 0.25) is 0 Å². The molecule has 0 spiro atoms. The number of nitrogens with zero attached hydrogens (tertiary/aromatic N) is 2. The summed E-state index contributed by atoms with van der Waals surface area (Å²) in [6, 6.07) is 0. The van der Waals surface area contributed by atoms with Gasteiger partial charge in [0.05, 0.1) is 18.7 Å². The van der Waals surface area contributed by atoms with Crippen molar-refractivity contribution in [3.05, 3.63) is 11.1 Å². The molecule has 1 rings (SSSR count). The van der Waals surface area contributed by atoms with E-state index in [9.17, 15) is 4.79 Å². The molecule has 2 unspecified atom stereocenters. The summed E-state index contributed by atoms with van der Waals surface area (Å²) in [5.74, 6) is -1.52. The summed E-state index contributed by atoms with van der Waals surface area (Å²) in [4.78, 5) is 19.5. The normalized spacial score (nSPS) is 22.4. The predicted octanol–water partition coefficient (Wildman–Crippen LogP) is 0.630. The lowest BCUT2D eigenvalue weighted by Crippen LogP contribution is -2.15. The highest BCUT2D eigenvalue weighted by Gasteiger charge is 2.25. The number of nitrogens with two attached hydrogens (primary N) is 1. The number of aliphatic imine (C=N–C) groups is 1. The van der Waals surface area contributed by atoms with Crippen LogP contribution in [0.4, 0.5) is 0 Å². The maximum atomic E-state index is 10.9. The Labute approximate surface area is 89.9 Å². The van der Waals surface area contributed by atoms with Gasteiger partial charge in [0.25, 0.3) is 0 Å². The highest BCUT2D eigenvalue weighted by atomic mass is 32.2. The summed E-state index contributed by atoms with van der Waals surface area (Å²) in [5, 5.41) is 10.9. The summed E-state index contributed by atoms with van der Waals surface area (Å²) >= 11 is 0. The lowest BCUT2D eigenvalue weighted by atomic mass is 10.0. The maximum Gasteiger partial charge on any atom is 0.312 e. The fourth-order valence-electron chi connectivity index (χ4n) is 1.19. The monoisotopic (exact) mass is 231 g/mol. The fourth-order valence-corrected chi connectivity index (χ4v) is 2.23. The van der Waals surface area contributed by atoms with E-state index < -0.39 is 22.6 Å². The van der Waals surface area contributed by atoms with E-state index in [0.717, 1.165) is 0 Å². The van der Waals surface area contributed by atoms with Crippen LogP contribution in [0.25, 0.3) is 0 Å². The average Bonchev–Trinajstić information content (AvgIpc) is 2.49. The number of rotatable bonds is 4. The smallest absolute Gasteiger partial charge is 0.312 e. The zero-order valence-electron chi connectivity index (χ0n) is 8.51. The minimum absolute atomic E-state index is 0.298. The van der Waals surface area contributed by atoms with Crippen molar-refractivity contribution in [1.29, 1.82) is 0 Å².